The summed E-state index contributed by atoms with van der Waals surface area (Å²) in [5.41, 5.74) is 1.21. The van der Waals surface area contributed by atoms with Gasteiger partial charge in [0.05, 0.1) is 26.4 Å². The number of carboxylic acids is 1. The number of rotatable bonds is 7. The summed E-state index contributed by atoms with van der Waals surface area (Å²) in [7, 11) is 0. The predicted octanol–water partition coefficient (Wildman–Crippen LogP) is 7.36. The van der Waals surface area contributed by atoms with Crippen LogP contribution in [-0.2, 0) is 4.79 Å². The first kappa shape index (κ1) is 31.2. The van der Waals surface area contributed by atoms with Gasteiger partial charge in [0.2, 0.25) is 0 Å². The van der Waals surface area contributed by atoms with Gasteiger partial charge < -0.3 is 14.9 Å². The molecule has 0 spiro atoms. The maximum Gasteiger partial charge on any atom is 0.306 e. The number of aromatic nitrogens is 2. The molecule has 2 N–H and O–H groups in total. The van der Waals surface area contributed by atoms with E-state index in [0.29, 0.717) is 70.5 Å². The monoisotopic (exact) mass is 688 g/mol. The van der Waals surface area contributed by atoms with Crippen molar-refractivity contribution in [2.45, 2.75) is 69.9 Å². The number of aliphatic carboxylic acids is 1. The Hall–Kier alpha value is -2.44. The Labute approximate surface area is 281 Å². The van der Waals surface area contributed by atoms with Crippen LogP contribution in [0.4, 0.5) is 16.0 Å². The summed E-state index contributed by atoms with van der Waals surface area (Å²) in [6.45, 7) is 4.30. The second kappa shape index (κ2) is 13.4. The molecule has 3 saturated heterocycles. The van der Waals surface area contributed by atoms with Gasteiger partial charge in [0.25, 0.3) is 5.91 Å². The lowest BCUT2D eigenvalue weighted by molar-refractivity contribution is -0.142. The molecule has 1 amide bonds. The van der Waals surface area contributed by atoms with E-state index >= 15 is 0 Å². The molecular weight excluding hydrogens is 651 g/mol. The number of amides is 1. The Morgan fingerprint density at radius 2 is 1.76 bits per heavy atom. The van der Waals surface area contributed by atoms with E-state index in [1.54, 1.807) is 17.4 Å². The number of carbonyl (C=O) groups is 2. The van der Waals surface area contributed by atoms with Crippen molar-refractivity contribution in [3.63, 3.8) is 0 Å². The number of thiophene rings is 1. The molecule has 3 aromatic heterocycles. The number of nitrogens with zero attached hydrogens (tertiary/aromatic N) is 5. The van der Waals surface area contributed by atoms with Crippen molar-refractivity contribution >= 4 is 73.7 Å². The summed E-state index contributed by atoms with van der Waals surface area (Å²) in [4.78, 5) is 42.5. The lowest BCUT2D eigenvalue weighted by Gasteiger charge is -2.43. The van der Waals surface area contributed by atoms with Gasteiger partial charge in [-0.1, -0.05) is 53.8 Å². The topological polar surface area (TPSA) is 102 Å². The van der Waals surface area contributed by atoms with Crippen molar-refractivity contribution in [3.05, 3.63) is 39.3 Å². The molecule has 240 valence electrons. The average molecular weight is 690 g/mol. The molecule has 0 bridgehead atoms. The van der Waals surface area contributed by atoms with Crippen LogP contribution in [0.5, 0.6) is 0 Å². The SMILES string of the molecule is O=C(Nc1nc(-c2cc(Cl)cs2)c(N2CC3CCCN(C4CCCCC4)C3C2)s1)c1cnc(N2CCC(C(=O)O)CC2)c(Cl)c1. The summed E-state index contributed by atoms with van der Waals surface area (Å²) >= 11 is 16.0. The third-order valence-corrected chi connectivity index (χ3v) is 12.6. The van der Waals surface area contributed by atoms with Crippen molar-refractivity contribution in [1.82, 2.24) is 14.9 Å². The standard InChI is InChI=1S/C32H38Cl2N6O3S2/c33-22-14-26(44-18-22)27-30(39-16-20-5-4-10-40(25(20)17-39)23-6-2-1-3-7-23)45-32(36-27)37-29(41)21-13-24(34)28(35-15-21)38-11-8-19(9-12-38)31(42)43/h13-15,18-20,23,25H,1-12,16-17H2,(H,42,43)(H,36,37,41). The minimum Gasteiger partial charge on any atom is -0.481 e. The zero-order chi connectivity index (χ0) is 31.1. The quantitative estimate of drug-likeness (QED) is 0.266. The van der Waals surface area contributed by atoms with Crippen molar-refractivity contribution in [3.8, 4) is 10.6 Å². The number of halogens is 2. The number of thiazole rings is 1. The van der Waals surface area contributed by atoms with Crippen molar-refractivity contribution < 1.29 is 14.7 Å². The lowest BCUT2D eigenvalue weighted by atomic mass is 9.86. The Morgan fingerprint density at radius 1 is 0.956 bits per heavy atom. The second-order valence-corrected chi connectivity index (χ2v) is 15.5. The molecule has 1 aliphatic carbocycles. The highest BCUT2D eigenvalue weighted by molar-refractivity contribution is 7.21. The largest absolute Gasteiger partial charge is 0.481 e. The molecular formula is C32H38Cl2N6O3S2. The Kier molecular flexibility index (Phi) is 9.25. The number of nitrogens with one attached hydrogen (secondary N) is 1. The molecule has 9 nitrogen and oxygen atoms in total. The second-order valence-electron chi connectivity index (χ2n) is 12.8. The van der Waals surface area contributed by atoms with E-state index in [-0.39, 0.29) is 11.8 Å². The fourth-order valence-electron chi connectivity index (χ4n) is 7.72. The summed E-state index contributed by atoms with van der Waals surface area (Å²) in [6.07, 6.45) is 11.8. The number of fused-ring (bicyclic) bond motifs is 1. The minimum atomic E-state index is -0.763. The minimum absolute atomic E-state index is 0.324. The van der Waals surface area contributed by atoms with Crippen LogP contribution in [0.3, 0.4) is 0 Å². The molecule has 3 aliphatic heterocycles. The van der Waals surface area contributed by atoms with Gasteiger partial charge in [0, 0.05) is 49.8 Å². The van der Waals surface area contributed by atoms with Gasteiger partial charge >= 0.3 is 5.97 Å². The van der Waals surface area contributed by atoms with E-state index in [4.69, 9.17) is 28.2 Å². The van der Waals surface area contributed by atoms with E-state index in [1.165, 1.54) is 69.0 Å². The zero-order valence-electron chi connectivity index (χ0n) is 25.1. The van der Waals surface area contributed by atoms with Crippen LogP contribution < -0.4 is 15.1 Å². The lowest BCUT2D eigenvalue weighted by Crippen LogP contribution is -2.51. The molecule has 2 unspecified atom stereocenters. The first-order chi connectivity index (χ1) is 21.8. The molecule has 6 heterocycles. The number of carboxylic acid groups (broad SMARTS) is 1. The maximum absolute atomic E-state index is 13.4. The normalized spacial score (nSPS) is 23.3. The fraction of sp³-hybridized carbons (Fsp3) is 0.562. The smallest absolute Gasteiger partial charge is 0.306 e. The number of hydrogen-bond donors (Lipinski definition) is 2. The van der Waals surface area contributed by atoms with Crippen molar-refractivity contribution in [2.24, 2.45) is 11.8 Å². The van der Waals surface area contributed by atoms with Gasteiger partial charge in [-0.25, -0.2) is 9.97 Å². The van der Waals surface area contributed by atoms with Gasteiger partial charge in [-0.3, -0.25) is 19.8 Å². The average Bonchev–Trinajstić information content (AvgIpc) is 3.79. The van der Waals surface area contributed by atoms with Crippen LogP contribution in [0, 0.1) is 11.8 Å². The molecule has 2 atom stereocenters. The van der Waals surface area contributed by atoms with Gasteiger partial charge in [0.15, 0.2) is 5.13 Å². The molecule has 1 saturated carbocycles. The molecule has 4 aliphatic rings. The molecule has 45 heavy (non-hydrogen) atoms. The fourth-order valence-corrected chi connectivity index (χ4v) is 10.1. The molecule has 7 rings (SSSR count). The third kappa shape index (κ3) is 6.56. The van der Waals surface area contributed by atoms with Crippen LogP contribution in [0.1, 0.15) is 68.1 Å². The van der Waals surface area contributed by atoms with Crippen LogP contribution >= 0.6 is 45.9 Å². The number of likely N-dealkylation sites (tertiary alicyclic amines) is 1. The van der Waals surface area contributed by atoms with Gasteiger partial charge in [-0.15, -0.1) is 11.3 Å². The Balaban J connectivity index is 1.09. The highest BCUT2D eigenvalue weighted by Gasteiger charge is 2.43. The number of piperidine rings is 2. The summed E-state index contributed by atoms with van der Waals surface area (Å²) in [5.74, 6) is -0.217. The maximum atomic E-state index is 13.4. The van der Waals surface area contributed by atoms with Crippen LogP contribution in [-0.4, -0.2) is 76.7 Å². The highest BCUT2D eigenvalue weighted by atomic mass is 35.5. The molecule has 4 fully saturated rings. The summed E-state index contributed by atoms with van der Waals surface area (Å²) in [5, 5.41) is 16.9. The van der Waals surface area contributed by atoms with Gasteiger partial charge in [-0.05, 0) is 63.1 Å². The molecule has 3 aromatic rings. The van der Waals surface area contributed by atoms with Crippen LogP contribution in [0.2, 0.25) is 10.0 Å². The first-order valence-corrected chi connectivity index (χ1v) is 18.5. The first-order valence-electron chi connectivity index (χ1n) is 16.0. The van der Waals surface area contributed by atoms with Crippen LogP contribution in [0.25, 0.3) is 10.6 Å². The number of carbonyl (C=O) groups excluding carboxylic acids is 1. The number of hydrogen-bond acceptors (Lipinski definition) is 9. The molecule has 0 aromatic carbocycles. The number of pyridine rings is 1. The summed E-state index contributed by atoms with van der Waals surface area (Å²) in [6, 6.07) is 4.85. The van der Waals surface area contributed by atoms with Gasteiger partial charge in [0.1, 0.15) is 16.5 Å². The Bertz CT molecular complexity index is 1550. The predicted molar refractivity (Wildman–Crippen MR) is 183 cm³/mol. The number of anilines is 3. The third-order valence-electron chi connectivity index (χ3n) is 10.0. The van der Waals surface area contributed by atoms with E-state index in [9.17, 15) is 14.7 Å². The van der Waals surface area contributed by atoms with E-state index in [2.05, 4.69) is 20.1 Å². The van der Waals surface area contributed by atoms with E-state index in [0.717, 1.165) is 28.7 Å². The molecule has 13 heteroatoms. The highest BCUT2D eigenvalue weighted by Crippen LogP contribution is 2.45. The Morgan fingerprint density at radius 3 is 2.47 bits per heavy atom. The summed E-state index contributed by atoms with van der Waals surface area (Å²) < 4.78 is 0. The van der Waals surface area contributed by atoms with Gasteiger partial charge in [-0.2, -0.15) is 0 Å². The zero-order valence-corrected chi connectivity index (χ0v) is 28.2. The van der Waals surface area contributed by atoms with E-state index in [1.807, 2.05) is 16.3 Å². The van der Waals surface area contributed by atoms with Crippen molar-refractivity contribution in [2.75, 3.05) is 47.8 Å². The van der Waals surface area contributed by atoms with Crippen molar-refractivity contribution in [1.29, 1.82) is 0 Å². The van der Waals surface area contributed by atoms with E-state index < -0.39 is 5.97 Å². The molecule has 0 radical (unpaired) electrons. The van der Waals surface area contributed by atoms with Crippen LogP contribution in [0.15, 0.2) is 23.7 Å².